The number of halogens is 1. The van der Waals surface area contributed by atoms with Crippen LogP contribution in [-0.4, -0.2) is 65.9 Å². The van der Waals surface area contributed by atoms with Crippen molar-refractivity contribution in [3.05, 3.63) is 10.4 Å². The van der Waals surface area contributed by atoms with Crippen molar-refractivity contribution in [1.82, 2.24) is 0 Å². The molecule has 1 fully saturated rings. The molecule has 1 rings (SSSR count). The van der Waals surface area contributed by atoms with Crippen LogP contribution in [0.2, 0.25) is 0 Å². The summed E-state index contributed by atoms with van der Waals surface area (Å²) in [5.41, 5.74) is 8.01. The average molecular weight is 250 g/mol. The largest absolute Gasteiger partial charge is 0.387 e. The Morgan fingerprint density at radius 1 is 1.29 bits per heavy atom. The van der Waals surface area contributed by atoms with Crippen molar-refractivity contribution in [2.24, 2.45) is 5.11 Å². The van der Waals surface area contributed by atoms with Crippen molar-refractivity contribution >= 4 is 0 Å². The summed E-state index contributed by atoms with van der Waals surface area (Å²) in [5.74, 6) is 0. The van der Waals surface area contributed by atoms with Crippen molar-refractivity contribution in [2.45, 2.75) is 30.7 Å². The lowest BCUT2D eigenvalue weighted by Crippen LogP contribution is -2.58. The number of ether oxygens (including phenoxy) is 2. The highest BCUT2D eigenvalue weighted by Crippen LogP contribution is 2.22. The second kappa shape index (κ2) is 6.70. The van der Waals surface area contributed by atoms with E-state index in [1.165, 1.54) is 0 Å². The van der Waals surface area contributed by atoms with Gasteiger partial charge in [-0.2, -0.15) is 0 Å². The molecule has 0 aromatic carbocycles. The van der Waals surface area contributed by atoms with Gasteiger partial charge in [0.2, 0.25) is 0 Å². The summed E-state index contributed by atoms with van der Waals surface area (Å²) < 4.78 is 22.3. The van der Waals surface area contributed by atoms with E-state index >= 15 is 0 Å². The Morgan fingerprint density at radius 3 is 2.59 bits per heavy atom. The molecule has 0 aromatic heterocycles. The van der Waals surface area contributed by atoms with E-state index < -0.39 is 37.4 Å². The molecule has 0 spiro atoms. The molecule has 8 nitrogen and oxygen atoms in total. The lowest BCUT2D eigenvalue weighted by Gasteiger charge is -2.39. The van der Waals surface area contributed by atoms with Crippen LogP contribution in [-0.2, 0) is 9.47 Å². The number of hydrogen-bond acceptors (Lipinski definition) is 6. The van der Waals surface area contributed by atoms with Gasteiger partial charge in [-0.15, -0.1) is 0 Å². The smallest absolute Gasteiger partial charge is 0.186 e. The second-order valence-electron chi connectivity index (χ2n) is 3.49. The van der Waals surface area contributed by atoms with Gasteiger partial charge in [0, 0.05) is 11.5 Å². The molecular formula is C8H14FN3O5. The first-order valence-electron chi connectivity index (χ1n) is 5.00. The number of aliphatic hydroxyl groups excluding tert-OH is 3. The molecule has 17 heavy (non-hydrogen) atoms. The fourth-order valence-corrected chi connectivity index (χ4v) is 1.44. The van der Waals surface area contributed by atoms with Crippen LogP contribution >= 0.6 is 0 Å². The van der Waals surface area contributed by atoms with Gasteiger partial charge in [-0.05, 0) is 5.53 Å². The molecule has 0 aromatic rings. The summed E-state index contributed by atoms with van der Waals surface area (Å²) in [5, 5.41) is 31.4. The Kier molecular flexibility index (Phi) is 5.56. The number of rotatable bonds is 5. The molecule has 1 aliphatic heterocycles. The maximum Gasteiger partial charge on any atom is 0.186 e. The van der Waals surface area contributed by atoms with E-state index in [1.54, 1.807) is 0 Å². The fourth-order valence-electron chi connectivity index (χ4n) is 1.44. The van der Waals surface area contributed by atoms with Gasteiger partial charge in [-0.25, -0.2) is 4.39 Å². The molecular weight excluding hydrogens is 236 g/mol. The van der Waals surface area contributed by atoms with Crippen molar-refractivity contribution in [3.63, 3.8) is 0 Å². The first kappa shape index (κ1) is 14.1. The highest BCUT2D eigenvalue weighted by Gasteiger charge is 2.44. The minimum Gasteiger partial charge on any atom is -0.387 e. The van der Waals surface area contributed by atoms with E-state index in [0.717, 1.165) is 0 Å². The monoisotopic (exact) mass is 250 g/mol. The van der Waals surface area contributed by atoms with Gasteiger partial charge >= 0.3 is 0 Å². The van der Waals surface area contributed by atoms with Crippen LogP contribution in [0, 0.1) is 0 Å². The predicted molar refractivity (Wildman–Crippen MR) is 52.6 cm³/mol. The molecule has 9 heteroatoms. The first-order valence-corrected chi connectivity index (χ1v) is 5.00. The Labute approximate surface area is 96.2 Å². The number of alkyl halides is 1. The summed E-state index contributed by atoms with van der Waals surface area (Å²) in [6, 6.07) is 0. The van der Waals surface area contributed by atoms with Crippen molar-refractivity contribution in [1.29, 1.82) is 0 Å². The van der Waals surface area contributed by atoms with Crippen LogP contribution < -0.4 is 0 Å². The third-order valence-electron chi connectivity index (χ3n) is 2.36. The fraction of sp³-hybridized carbons (Fsp3) is 1.00. The lowest BCUT2D eigenvalue weighted by atomic mass is 10.00. The summed E-state index contributed by atoms with van der Waals surface area (Å²) >= 11 is 0. The standard InChI is InChI=1S/C8H14FN3O5/c9-3-4-5(13)6(14)7(15)8(17-4)16-2-1-11-12-10/h4-8,13-15H,1-3H2/t4?,5-,6+,7?,8?/m1/s1/i9-1. The molecule has 1 aliphatic rings. The zero-order valence-corrected chi connectivity index (χ0v) is 8.89. The molecule has 0 radical (unpaired) electrons. The maximum absolute atomic E-state index is 12.4. The topological polar surface area (TPSA) is 128 Å². The third kappa shape index (κ3) is 3.50. The zero-order chi connectivity index (χ0) is 12.8. The molecule has 1 heterocycles. The van der Waals surface area contributed by atoms with Crippen molar-refractivity contribution < 1.29 is 29.2 Å². The first-order chi connectivity index (χ1) is 8.11. The average Bonchev–Trinajstić information content (AvgIpc) is 2.34. The Morgan fingerprint density at radius 2 is 2.00 bits per heavy atom. The van der Waals surface area contributed by atoms with E-state index in [1.807, 2.05) is 0 Å². The van der Waals surface area contributed by atoms with Gasteiger partial charge < -0.3 is 24.8 Å². The van der Waals surface area contributed by atoms with Crippen LogP contribution in [0.25, 0.3) is 10.4 Å². The Hall–Kier alpha value is -0.960. The summed E-state index contributed by atoms with van der Waals surface area (Å²) in [4.78, 5) is 2.49. The van der Waals surface area contributed by atoms with Gasteiger partial charge in [-0.1, -0.05) is 5.11 Å². The van der Waals surface area contributed by atoms with E-state index in [-0.39, 0.29) is 13.2 Å². The van der Waals surface area contributed by atoms with Crippen LogP contribution in [0.15, 0.2) is 5.11 Å². The Bertz CT molecular complexity index is 286. The summed E-state index contributed by atoms with van der Waals surface area (Å²) in [6.07, 6.45) is -7.05. The molecule has 1 saturated heterocycles. The van der Waals surface area contributed by atoms with Crippen LogP contribution in [0.5, 0.6) is 0 Å². The number of nitrogens with zero attached hydrogens (tertiary/aromatic N) is 3. The molecule has 0 bridgehead atoms. The minimum absolute atomic E-state index is 0.0159. The van der Waals surface area contributed by atoms with E-state index in [2.05, 4.69) is 10.0 Å². The second-order valence-corrected chi connectivity index (χ2v) is 3.49. The number of hydrogen-bond donors (Lipinski definition) is 3. The highest BCUT2D eigenvalue weighted by molar-refractivity contribution is 4.88. The highest BCUT2D eigenvalue weighted by atomic mass is 18.2. The van der Waals surface area contributed by atoms with Crippen LogP contribution in [0.4, 0.5) is 4.39 Å². The van der Waals surface area contributed by atoms with E-state index in [0.29, 0.717) is 0 Å². The molecule has 5 atom stereocenters. The molecule has 0 amide bonds. The number of azide groups is 1. The normalized spacial score (nSPS) is 37.5. The zero-order valence-electron chi connectivity index (χ0n) is 8.89. The predicted octanol–water partition coefficient (Wildman–Crippen LogP) is -0.910. The minimum atomic E-state index is -1.55. The van der Waals surface area contributed by atoms with Gasteiger partial charge in [0.05, 0.1) is 6.61 Å². The molecule has 0 saturated carbocycles. The lowest BCUT2D eigenvalue weighted by molar-refractivity contribution is -0.297. The SMILES string of the molecule is [N-]=[N+]=NCCOC1OC(C[18F])[C@@H](O)[C@H](O)C1O. The van der Waals surface area contributed by atoms with Crippen LogP contribution in [0.1, 0.15) is 0 Å². The quantitative estimate of drug-likeness (QED) is 0.252. The van der Waals surface area contributed by atoms with Gasteiger partial charge in [0.15, 0.2) is 6.29 Å². The molecule has 0 aliphatic carbocycles. The molecule has 3 N–H and O–H groups in total. The van der Waals surface area contributed by atoms with Gasteiger partial charge in [-0.3, -0.25) is 0 Å². The van der Waals surface area contributed by atoms with Gasteiger partial charge in [0.1, 0.15) is 31.1 Å². The summed E-state index contributed by atoms with van der Waals surface area (Å²) in [6.45, 7) is -1.04. The van der Waals surface area contributed by atoms with E-state index in [4.69, 9.17) is 15.0 Å². The van der Waals surface area contributed by atoms with E-state index in [9.17, 15) is 19.7 Å². The summed E-state index contributed by atoms with van der Waals surface area (Å²) in [7, 11) is 0. The third-order valence-corrected chi connectivity index (χ3v) is 2.36. The maximum atomic E-state index is 12.4. The van der Waals surface area contributed by atoms with Crippen LogP contribution in [0.3, 0.4) is 0 Å². The molecule has 98 valence electrons. The number of aliphatic hydroxyl groups is 3. The molecule has 3 unspecified atom stereocenters. The van der Waals surface area contributed by atoms with Gasteiger partial charge in [0.25, 0.3) is 0 Å². The Balaban J connectivity index is 2.50. The van der Waals surface area contributed by atoms with Crippen molar-refractivity contribution in [3.8, 4) is 0 Å². The van der Waals surface area contributed by atoms with Crippen molar-refractivity contribution in [2.75, 3.05) is 19.8 Å².